The third-order valence-corrected chi connectivity index (χ3v) is 5.09. The second kappa shape index (κ2) is 8.97. The third-order valence-electron chi connectivity index (χ3n) is 3.91. The van der Waals surface area contributed by atoms with Gasteiger partial charge in [0.2, 0.25) is 0 Å². The maximum atomic E-state index is 12.6. The Morgan fingerprint density at radius 3 is 2.85 bits per heavy atom. The summed E-state index contributed by atoms with van der Waals surface area (Å²) in [6.07, 6.45) is 2.52. The highest BCUT2D eigenvalue weighted by molar-refractivity contribution is 7.13. The standard InChI is InChI=1S/C21H24N2O3S/c1-14(2)10-19-22-15(3)20(27-19)21(24)23-17-7-4-6-16(11-17)12-25-13-18-8-5-9-26-18/h4-9,11,14H,10,12-13H2,1-3H3,(H,23,24). The lowest BCUT2D eigenvalue weighted by Gasteiger charge is -2.07. The molecule has 6 heteroatoms. The Labute approximate surface area is 163 Å². The Morgan fingerprint density at radius 1 is 1.26 bits per heavy atom. The highest BCUT2D eigenvalue weighted by Gasteiger charge is 2.16. The Kier molecular flexibility index (Phi) is 6.42. The van der Waals surface area contributed by atoms with E-state index in [0.717, 1.165) is 34.1 Å². The summed E-state index contributed by atoms with van der Waals surface area (Å²) in [5.74, 6) is 1.19. The molecule has 0 radical (unpaired) electrons. The first-order chi connectivity index (χ1) is 13.0. The van der Waals surface area contributed by atoms with Crippen LogP contribution in [0.1, 0.15) is 45.5 Å². The van der Waals surface area contributed by atoms with Gasteiger partial charge in [0, 0.05) is 12.1 Å². The Morgan fingerprint density at radius 2 is 2.11 bits per heavy atom. The summed E-state index contributed by atoms with van der Waals surface area (Å²) in [7, 11) is 0. The average molecular weight is 385 g/mol. The molecular formula is C21H24N2O3S. The number of ether oxygens (including phenoxy) is 1. The van der Waals surface area contributed by atoms with Crippen molar-refractivity contribution in [3.8, 4) is 0 Å². The molecule has 142 valence electrons. The fraction of sp³-hybridized carbons (Fsp3) is 0.333. The molecule has 27 heavy (non-hydrogen) atoms. The molecule has 0 aliphatic carbocycles. The van der Waals surface area contributed by atoms with Gasteiger partial charge in [0.25, 0.3) is 5.91 Å². The summed E-state index contributed by atoms with van der Waals surface area (Å²) < 4.78 is 10.9. The van der Waals surface area contributed by atoms with Gasteiger partial charge in [-0.05, 0) is 42.7 Å². The van der Waals surface area contributed by atoms with Crippen LogP contribution < -0.4 is 5.32 Å². The smallest absolute Gasteiger partial charge is 0.267 e. The number of thiazole rings is 1. The highest BCUT2D eigenvalue weighted by Crippen LogP contribution is 2.22. The maximum absolute atomic E-state index is 12.6. The van der Waals surface area contributed by atoms with Crippen molar-refractivity contribution >= 4 is 22.9 Å². The predicted molar refractivity (Wildman–Crippen MR) is 107 cm³/mol. The van der Waals surface area contributed by atoms with Crippen LogP contribution in [0.4, 0.5) is 5.69 Å². The van der Waals surface area contributed by atoms with Crippen molar-refractivity contribution < 1.29 is 13.9 Å². The number of hydrogen-bond donors (Lipinski definition) is 1. The molecule has 0 fully saturated rings. The topological polar surface area (TPSA) is 64.4 Å². The van der Waals surface area contributed by atoms with E-state index in [1.165, 1.54) is 11.3 Å². The predicted octanol–water partition coefficient (Wildman–Crippen LogP) is 5.21. The fourth-order valence-electron chi connectivity index (χ4n) is 2.69. The molecule has 0 unspecified atom stereocenters. The monoisotopic (exact) mass is 384 g/mol. The molecule has 1 N–H and O–H groups in total. The maximum Gasteiger partial charge on any atom is 0.267 e. The number of anilines is 1. The van der Waals surface area contributed by atoms with Gasteiger partial charge >= 0.3 is 0 Å². The Bertz CT molecular complexity index is 885. The van der Waals surface area contributed by atoms with E-state index in [9.17, 15) is 4.79 Å². The summed E-state index contributed by atoms with van der Waals surface area (Å²) in [5.41, 5.74) is 2.52. The number of carbonyl (C=O) groups excluding carboxylic acids is 1. The number of amides is 1. The third kappa shape index (κ3) is 5.52. The van der Waals surface area contributed by atoms with E-state index in [4.69, 9.17) is 9.15 Å². The molecule has 3 rings (SSSR count). The van der Waals surface area contributed by atoms with Crippen LogP contribution in [-0.4, -0.2) is 10.9 Å². The zero-order valence-electron chi connectivity index (χ0n) is 15.8. The Balaban J connectivity index is 1.60. The van der Waals surface area contributed by atoms with Gasteiger partial charge in [0.15, 0.2) is 0 Å². The highest BCUT2D eigenvalue weighted by atomic mass is 32.1. The molecule has 0 aliphatic heterocycles. The van der Waals surface area contributed by atoms with Crippen LogP contribution in [0.2, 0.25) is 0 Å². The molecule has 2 heterocycles. The minimum absolute atomic E-state index is 0.117. The van der Waals surface area contributed by atoms with Gasteiger partial charge in [0.1, 0.15) is 17.2 Å². The number of nitrogens with one attached hydrogen (secondary N) is 1. The summed E-state index contributed by atoms with van der Waals surface area (Å²) in [4.78, 5) is 17.8. The molecule has 1 aromatic carbocycles. The Hall–Kier alpha value is -2.44. The van der Waals surface area contributed by atoms with Crippen molar-refractivity contribution in [2.24, 2.45) is 5.92 Å². The molecule has 0 aliphatic rings. The first kappa shape index (κ1) is 19.3. The van der Waals surface area contributed by atoms with Crippen LogP contribution >= 0.6 is 11.3 Å². The van der Waals surface area contributed by atoms with E-state index in [-0.39, 0.29) is 5.91 Å². The van der Waals surface area contributed by atoms with E-state index in [2.05, 4.69) is 24.1 Å². The molecule has 0 spiro atoms. The molecule has 1 amide bonds. The zero-order chi connectivity index (χ0) is 19.2. The molecule has 3 aromatic rings. The molecular weight excluding hydrogens is 360 g/mol. The van der Waals surface area contributed by atoms with Crippen LogP contribution in [0, 0.1) is 12.8 Å². The van der Waals surface area contributed by atoms with Crippen LogP contribution in [0.15, 0.2) is 47.1 Å². The summed E-state index contributed by atoms with van der Waals surface area (Å²) in [6, 6.07) is 11.4. The molecule has 0 atom stereocenters. The van der Waals surface area contributed by atoms with Crippen molar-refractivity contribution in [2.45, 2.75) is 40.4 Å². The summed E-state index contributed by atoms with van der Waals surface area (Å²) in [6.45, 7) is 7.05. The van der Waals surface area contributed by atoms with E-state index in [1.54, 1.807) is 6.26 Å². The molecule has 0 saturated carbocycles. The largest absolute Gasteiger partial charge is 0.467 e. The first-order valence-corrected chi connectivity index (χ1v) is 9.79. The lowest BCUT2D eigenvalue weighted by atomic mass is 10.1. The van der Waals surface area contributed by atoms with Crippen molar-refractivity contribution in [1.29, 1.82) is 0 Å². The number of rotatable bonds is 8. The molecule has 0 bridgehead atoms. The SMILES string of the molecule is Cc1nc(CC(C)C)sc1C(=O)Nc1cccc(COCc2ccco2)c1. The van der Waals surface area contributed by atoms with Crippen molar-refractivity contribution in [2.75, 3.05) is 5.32 Å². The van der Waals surface area contributed by atoms with Crippen molar-refractivity contribution in [3.05, 3.63) is 69.6 Å². The van der Waals surface area contributed by atoms with Crippen LogP contribution in [0.25, 0.3) is 0 Å². The molecule has 5 nitrogen and oxygen atoms in total. The molecule has 0 saturated heterocycles. The minimum Gasteiger partial charge on any atom is -0.467 e. The first-order valence-electron chi connectivity index (χ1n) is 8.98. The number of furan rings is 1. The molecule has 2 aromatic heterocycles. The fourth-order valence-corrected chi connectivity index (χ4v) is 3.86. The van der Waals surface area contributed by atoms with Crippen LogP contribution in [0.5, 0.6) is 0 Å². The number of nitrogens with zero attached hydrogens (tertiary/aromatic N) is 1. The number of hydrogen-bond acceptors (Lipinski definition) is 5. The summed E-state index contributed by atoms with van der Waals surface area (Å²) in [5, 5.41) is 3.97. The van der Waals surface area contributed by atoms with Gasteiger partial charge in [-0.2, -0.15) is 0 Å². The van der Waals surface area contributed by atoms with Gasteiger partial charge in [0.05, 0.1) is 23.6 Å². The lowest BCUT2D eigenvalue weighted by Crippen LogP contribution is -2.11. The number of aromatic nitrogens is 1. The van der Waals surface area contributed by atoms with E-state index >= 15 is 0 Å². The van der Waals surface area contributed by atoms with E-state index in [0.29, 0.717) is 24.0 Å². The quantitative estimate of drug-likeness (QED) is 0.579. The van der Waals surface area contributed by atoms with Gasteiger partial charge in [-0.1, -0.05) is 26.0 Å². The van der Waals surface area contributed by atoms with Crippen molar-refractivity contribution in [3.63, 3.8) is 0 Å². The number of aryl methyl sites for hydroxylation is 1. The minimum atomic E-state index is -0.117. The van der Waals surface area contributed by atoms with Crippen LogP contribution in [0.3, 0.4) is 0 Å². The van der Waals surface area contributed by atoms with Crippen molar-refractivity contribution in [1.82, 2.24) is 4.98 Å². The second-order valence-corrected chi connectivity index (χ2v) is 7.93. The lowest BCUT2D eigenvalue weighted by molar-refractivity contribution is 0.0929. The van der Waals surface area contributed by atoms with E-state index < -0.39 is 0 Å². The number of carbonyl (C=O) groups is 1. The summed E-state index contributed by atoms with van der Waals surface area (Å²) >= 11 is 1.47. The van der Waals surface area contributed by atoms with Gasteiger partial charge in [-0.3, -0.25) is 4.79 Å². The normalized spacial score (nSPS) is 11.1. The van der Waals surface area contributed by atoms with E-state index in [1.807, 2.05) is 43.3 Å². The average Bonchev–Trinajstić information content (AvgIpc) is 3.24. The zero-order valence-corrected chi connectivity index (χ0v) is 16.6. The van der Waals surface area contributed by atoms with Gasteiger partial charge < -0.3 is 14.5 Å². The van der Waals surface area contributed by atoms with Gasteiger partial charge in [-0.25, -0.2) is 4.98 Å². The van der Waals surface area contributed by atoms with Gasteiger partial charge in [-0.15, -0.1) is 11.3 Å². The van der Waals surface area contributed by atoms with Crippen LogP contribution in [-0.2, 0) is 24.4 Å². The second-order valence-electron chi connectivity index (χ2n) is 6.85. The number of benzene rings is 1.